The van der Waals surface area contributed by atoms with Crippen LogP contribution in [0.2, 0.25) is 0 Å². The quantitative estimate of drug-likeness (QED) is 0.616. The van der Waals surface area contributed by atoms with E-state index in [0.717, 1.165) is 26.1 Å². The minimum atomic E-state index is 0.402. The summed E-state index contributed by atoms with van der Waals surface area (Å²) in [5, 5.41) is 7.04. The van der Waals surface area contributed by atoms with Crippen LogP contribution in [0.4, 0.5) is 0 Å². The Morgan fingerprint density at radius 2 is 1.48 bits per heavy atom. The van der Waals surface area contributed by atoms with E-state index in [0.29, 0.717) is 12.6 Å². The van der Waals surface area contributed by atoms with Crippen LogP contribution in [0.1, 0.15) is 11.1 Å². The fourth-order valence-corrected chi connectivity index (χ4v) is 2.35. The first kappa shape index (κ1) is 15.7. The van der Waals surface area contributed by atoms with E-state index in [1.165, 1.54) is 11.1 Å². The summed E-state index contributed by atoms with van der Waals surface area (Å²) in [6.45, 7) is 3.36. The Bertz CT molecular complexity index is 484. The summed E-state index contributed by atoms with van der Waals surface area (Å²) in [5.74, 6) is 0. The van der Waals surface area contributed by atoms with Crippen LogP contribution in [0, 0.1) is 0 Å². The average Bonchev–Trinajstić information content (AvgIpc) is 2.54. The topological polar surface area (TPSA) is 50.1 Å². The molecule has 0 heterocycles. The highest BCUT2D eigenvalue weighted by Gasteiger charge is 2.08. The predicted octanol–water partition coefficient (Wildman–Crippen LogP) is 1.94. The second-order valence-corrected chi connectivity index (χ2v) is 5.25. The van der Waals surface area contributed by atoms with E-state index in [-0.39, 0.29) is 0 Å². The molecule has 1 atom stereocenters. The van der Waals surface area contributed by atoms with Crippen molar-refractivity contribution >= 4 is 0 Å². The predicted molar refractivity (Wildman–Crippen MR) is 89.1 cm³/mol. The van der Waals surface area contributed by atoms with Gasteiger partial charge in [0.25, 0.3) is 0 Å². The van der Waals surface area contributed by atoms with Gasteiger partial charge in [-0.2, -0.15) is 0 Å². The van der Waals surface area contributed by atoms with Crippen LogP contribution in [0.3, 0.4) is 0 Å². The second kappa shape index (κ2) is 9.29. The average molecular weight is 283 g/mol. The maximum atomic E-state index is 5.55. The number of hydrogen-bond donors (Lipinski definition) is 3. The van der Waals surface area contributed by atoms with Crippen molar-refractivity contribution in [3.05, 3.63) is 71.8 Å². The third-order valence-corrected chi connectivity index (χ3v) is 3.47. The number of benzene rings is 2. The fourth-order valence-electron chi connectivity index (χ4n) is 2.35. The number of nitrogens with two attached hydrogens (primary N) is 1. The van der Waals surface area contributed by atoms with Crippen LogP contribution in [0.25, 0.3) is 0 Å². The lowest BCUT2D eigenvalue weighted by molar-refractivity contribution is 0.472. The van der Waals surface area contributed by atoms with Crippen LogP contribution in [-0.4, -0.2) is 25.7 Å². The third-order valence-electron chi connectivity index (χ3n) is 3.47. The molecule has 112 valence electrons. The van der Waals surface area contributed by atoms with E-state index in [2.05, 4.69) is 65.2 Å². The standard InChI is InChI=1S/C18H25N3/c19-11-12-20-15-18(13-16-7-3-1-4-8-16)21-14-17-9-5-2-6-10-17/h1-10,18,20-21H,11-15,19H2. The molecule has 0 spiro atoms. The Balaban J connectivity index is 1.88. The molecule has 2 rings (SSSR count). The van der Waals surface area contributed by atoms with Gasteiger partial charge in [-0.25, -0.2) is 0 Å². The van der Waals surface area contributed by atoms with E-state index >= 15 is 0 Å². The molecule has 0 saturated heterocycles. The SMILES string of the molecule is NCCNCC(Cc1ccccc1)NCc1ccccc1. The maximum Gasteiger partial charge on any atom is 0.0236 e. The van der Waals surface area contributed by atoms with Crippen molar-refractivity contribution in [2.24, 2.45) is 5.73 Å². The summed E-state index contributed by atoms with van der Waals surface area (Å²) in [7, 11) is 0. The van der Waals surface area contributed by atoms with Gasteiger partial charge in [0, 0.05) is 32.2 Å². The van der Waals surface area contributed by atoms with E-state index in [1.54, 1.807) is 0 Å². The lowest BCUT2D eigenvalue weighted by Gasteiger charge is -2.19. The first-order valence-electron chi connectivity index (χ1n) is 7.60. The van der Waals surface area contributed by atoms with Gasteiger partial charge in [-0.15, -0.1) is 0 Å². The van der Waals surface area contributed by atoms with Gasteiger partial charge in [0.05, 0.1) is 0 Å². The number of nitrogens with one attached hydrogen (secondary N) is 2. The van der Waals surface area contributed by atoms with Crippen molar-refractivity contribution in [1.29, 1.82) is 0 Å². The normalized spacial score (nSPS) is 12.2. The molecule has 21 heavy (non-hydrogen) atoms. The lowest BCUT2D eigenvalue weighted by Crippen LogP contribution is -2.41. The van der Waals surface area contributed by atoms with E-state index in [1.807, 2.05) is 6.07 Å². The molecule has 0 bridgehead atoms. The van der Waals surface area contributed by atoms with Gasteiger partial charge in [-0.05, 0) is 17.5 Å². The molecular weight excluding hydrogens is 258 g/mol. The molecule has 0 radical (unpaired) electrons. The molecule has 0 aliphatic carbocycles. The van der Waals surface area contributed by atoms with Gasteiger partial charge in [-0.3, -0.25) is 0 Å². The Morgan fingerprint density at radius 3 is 2.10 bits per heavy atom. The van der Waals surface area contributed by atoms with Gasteiger partial charge in [0.2, 0.25) is 0 Å². The zero-order valence-corrected chi connectivity index (χ0v) is 12.5. The molecule has 1 unspecified atom stereocenters. The molecule has 0 aromatic heterocycles. The molecule has 0 saturated carbocycles. The number of rotatable bonds is 9. The van der Waals surface area contributed by atoms with Crippen molar-refractivity contribution in [2.45, 2.75) is 19.0 Å². The van der Waals surface area contributed by atoms with Crippen molar-refractivity contribution < 1.29 is 0 Å². The van der Waals surface area contributed by atoms with E-state index in [4.69, 9.17) is 5.73 Å². The Kier molecular flexibility index (Phi) is 6.95. The summed E-state index contributed by atoms with van der Waals surface area (Å²) in [5.41, 5.74) is 8.22. The largest absolute Gasteiger partial charge is 0.329 e. The van der Waals surface area contributed by atoms with Crippen LogP contribution in [0.15, 0.2) is 60.7 Å². The lowest BCUT2D eigenvalue weighted by atomic mass is 10.1. The minimum Gasteiger partial charge on any atom is -0.329 e. The van der Waals surface area contributed by atoms with Crippen molar-refractivity contribution in [2.75, 3.05) is 19.6 Å². The zero-order chi connectivity index (χ0) is 14.8. The van der Waals surface area contributed by atoms with Crippen molar-refractivity contribution in [1.82, 2.24) is 10.6 Å². The molecule has 2 aromatic rings. The summed E-state index contributed by atoms with van der Waals surface area (Å²) in [4.78, 5) is 0. The van der Waals surface area contributed by atoms with Crippen LogP contribution in [-0.2, 0) is 13.0 Å². The third kappa shape index (κ3) is 6.08. The van der Waals surface area contributed by atoms with Gasteiger partial charge < -0.3 is 16.4 Å². The highest BCUT2D eigenvalue weighted by Crippen LogP contribution is 2.04. The highest BCUT2D eigenvalue weighted by molar-refractivity contribution is 5.17. The first-order chi connectivity index (χ1) is 10.4. The fraction of sp³-hybridized carbons (Fsp3) is 0.333. The van der Waals surface area contributed by atoms with E-state index in [9.17, 15) is 0 Å². The second-order valence-electron chi connectivity index (χ2n) is 5.25. The summed E-state index contributed by atoms with van der Waals surface area (Å²) < 4.78 is 0. The summed E-state index contributed by atoms with van der Waals surface area (Å²) in [6.07, 6.45) is 1.02. The van der Waals surface area contributed by atoms with Crippen molar-refractivity contribution in [3.63, 3.8) is 0 Å². The molecule has 3 heteroatoms. The van der Waals surface area contributed by atoms with Gasteiger partial charge >= 0.3 is 0 Å². The molecule has 0 aliphatic heterocycles. The molecule has 4 N–H and O–H groups in total. The van der Waals surface area contributed by atoms with Crippen LogP contribution in [0.5, 0.6) is 0 Å². The molecule has 0 fully saturated rings. The first-order valence-corrected chi connectivity index (χ1v) is 7.60. The zero-order valence-electron chi connectivity index (χ0n) is 12.5. The van der Waals surface area contributed by atoms with E-state index < -0.39 is 0 Å². The van der Waals surface area contributed by atoms with Crippen LogP contribution >= 0.6 is 0 Å². The maximum absolute atomic E-state index is 5.55. The minimum absolute atomic E-state index is 0.402. The summed E-state index contributed by atoms with van der Waals surface area (Å²) >= 11 is 0. The Morgan fingerprint density at radius 1 is 0.857 bits per heavy atom. The number of hydrogen-bond acceptors (Lipinski definition) is 3. The molecule has 0 aliphatic rings. The molecular formula is C18H25N3. The Labute approximate surface area is 127 Å². The van der Waals surface area contributed by atoms with Gasteiger partial charge in [0.1, 0.15) is 0 Å². The Hall–Kier alpha value is -1.68. The summed E-state index contributed by atoms with van der Waals surface area (Å²) in [6, 6.07) is 21.5. The van der Waals surface area contributed by atoms with Gasteiger partial charge in [0.15, 0.2) is 0 Å². The molecule has 3 nitrogen and oxygen atoms in total. The monoisotopic (exact) mass is 283 g/mol. The smallest absolute Gasteiger partial charge is 0.0236 e. The molecule has 0 amide bonds. The van der Waals surface area contributed by atoms with Crippen LogP contribution < -0.4 is 16.4 Å². The van der Waals surface area contributed by atoms with Crippen molar-refractivity contribution in [3.8, 4) is 0 Å². The van der Waals surface area contributed by atoms with Gasteiger partial charge in [-0.1, -0.05) is 60.7 Å². The highest BCUT2D eigenvalue weighted by atomic mass is 15.0. The molecule has 2 aromatic carbocycles.